The molecule has 0 atom stereocenters. The largest absolute Gasteiger partial charge is 0.338 e. The van der Waals surface area contributed by atoms with Crippen LogP contribution in [0, 0.1) is 13.8 Å². The number of piperidine rings is 1. The first-order valence-corrected chi connectivity index (χ1v) is 9.82. The molecular weight excluding hydrogens is 344 g/mol. The number of carbonyl (C=O) groups is 1. The van der Waals surface area contributed by atoms with E-state index >= 15 is 0 Å². The minimum absolute atomic E-state index is 0.0618. The van der Waals surface area contributed by atoms with Crippen LogP contribution in [-0.4, -0.2) is 43.7 Å². The van der Waals surface area contributed by atoms with Gasteiger partial charge in [0.1, 0.15) is 0 Å². The molecule has 0 spiro atoms. The standard InChI is InChI=1S/C20H22N4OS/c1-14-5-3-4-6-18(14)26-16-8-11-23(12-9-16)20(25)17-13-21-19-7-10-22-24(19)15(17)2/h3-7,10,13,16H,8-9,11-12H2,1-2H3. The minimum atomic E-state index is 0.0618. The molecule has 1 aliphatic heterocycles. The third-order valence-corrected chi connectivity index (χ3v) is 6.52. The summed E-state index contributed by atoms with van der Waals surface area (Å²) in [6, 6.07) is 10.4. The van der Waals surface area contributed by atoms with Crippen molar-refractivity contribution in [2.45, 2.75) is 36.8 Å². The second-order valence-electron chi connectivity index (χ2n) is 6.73. The zero-order valence-electron chi connectivity index (χ0n) is 15.1. The van der Waals surface area contributed by atoms with Crippen LogP contribution < -0.4 is 0 Å². The molecule has 0 aliphatic carbocycles. The van der Waals surface area contributed by atoms with Gasteiger partial charge in [-0.05, 0) is 38.3 Å². The van der Waals surface area contributed by atoms with Crippen molar-refractivity contribution in [1.29, 1.82) is 0 Å². The highest BCUT2D eigenvalue weighted by Crippen LogP contribution is 2.32. The molecule has 5 nitrogen and oxygen atoms in total. The number of benzene rings is 1. The van der Waals surface area contributed by atoms with E-state index in [0.29, 0.717) is 10.8 Å². The average molecular weight is 366 g/mol. The summed E-state index contributed by atoms with van der Waals surface area (Å²) in [6.45, 7) is 5.66. The van der Waals surface area contributed by atoms with E-state index < -0.39 is 0 Å². The maximum Gasteiger partial charge on any atom is 0.257 e. The Bertz CT molecular complexity index is 944. The average Bonchev–Trinajstić information content (AvgIpc) is 3.14. The van der Waals surface area contributed by atoms with Crippen molar-refractivity contribution >= 4 is 23.3 Å². The number of aryl methyl sites for hydroxylation is 2. The van der Waals surface area contributed by atoms with Crippen LogP contribution in [0.3, 0.4) is 0 Å². The Morgan fingerprint density at radius 2 is 1.92 bits per heavy atom. The van der Waals surface area contributed by atoms with Gasteiger partial charge in [-0.2, -0.15) is 5.10 Å². The van der Waals surface area contributed by atoms with Crippen molar-refractivity contribution in [3.8, 4) is 0 Å². The van der Waals surface area contributed by atoms with Gasteiger partial charge in [0.15, 0.2) is 5.65 Å². The number of amides is 1. The van der Waals surface area contributed by atoms with Crippen LogP contribution in [0.15, 0.2) is 47.6 Å². The summed E-state index contributed by atoms with van der Waals surface area (Å²) in [6.07, 6.45) is 5.42. The number of fused-ring (bicyclic) bond motifs is 1. The van der Waals surface area contributed by atoms with Gasteiger partial charge in [0, 0.05) is 35.5 Å². The Balaban J connectivity index is 1.43. The molecule has 1 aromatic carbocycles. The van der Waals surface area contributed by atoms with Crippen LogP contribution in [0.1, 0.15) is 34.5 Å². The number of likely N-dealkylation sites (tertiary alicyclic amines) is 1. The fourth-order valence-electron chi connectivity index (χ4n) is 3.42. The molecule has 3 heterocycles. The number of hydrogen-bond acceptors (Lipinski definition) is 4. The summed E-state index contributed by atoms with van der Waals surface area (Å²) in [4.78, 5) is 20.6. The van der Waals surface area contributed by atoms with Gasteiger partial charge in [0.2, 0.25) is 0 Å². The lowest BCUT2D eigenvalue weighted by molar-refractivity contribution is 0.0725. The van der Waals surface area contributed by atoms with Crippen LogP contribution >= 0.6 is 11.8 Å². The Labute approximate surface area is 157 Å². The maximum absolute atomic E-state index is 12.9. The molecule has 0 radical (unpaired) electrons. The minimum Gasteiger partial charge on any atom is -0.338 e. The quantitative estimate of drug-likeness (QED) is 0.708. The molecule has 6 heteroatoms. The van der Waals surface area contributed by atoms with Crippen LogP contribution in [0.25, 0.3) is 5.65 Å². The third kappa shape index (κ3) is 3.21. The molecule has 1 amide bonds. The van der Waals surface area contributed by atoms with Crippen molar-refractivity contribution in [3.05, 3.63) is 59.5 Å². The molecule has 134 valence electrons. The number of rotatable bonds is 3. The maximum atomic E-state index is 12.9. The van der Waals surface area contributed by atoms with Crippen LogP contribution in [-0.2, 0) is 0 Å². The molecule has 0 saturated carbocycles. The second kappa shape index (κ2) is 7.11. The summed E-state index contributed by atoms with van der Waals surface area (Å²) in [7, 11) is 0. The molecule has 1 saturated heterocycles. The van der Waals surface area contributed by atoms with Crippen molar-refractivity contribution in [1.82, 2.24) is 19.5 Å². The van der Waals surface area contributed by atoms with E-state index in [1.807, 2.05) is 29.7 Å². The van der Waals surface area contributed by atoms with Gasteiger partial charge >= 0.3 is 0 Å². The first kappa shape index (κ1) is 17.1. The van der Waals surface area contributed by atoms with Crippen molar-refractivity contribution in [3.63, 3.8) is 0 Å². The highest BCUT2D eigenvalue weighted by atomic mass is 32.2. The van der Waals surface area contributed by atoms with Crippen molar-refractivity contribution in [2.75, 3.05) is 13.1 Å². The van der Waals surface area contributed by atoms with Gasteiger partial charge in [0.05, 0.1) is 17.5 Å². The van der Waals surface area contributed by atoms with Gasteiger partial charge in [-0.1, -0.05) is 18.2 Å². The topological polar surface area (TPSA) is 50.5 Å². The summed E-state index contributed by atoms with van der Waals surface area (Å²) in [5, 5.41) is 4.82. The van der Waals surface area contributed by atoms with Crippen molar-refractivity contribution in [2.24, 2.45) is 0 Å². The van der Waals surface area contributed by atoms with Gasteiger partial charge < -0.3 is 4.90 Å². The summed E-state index contributed by atoms with van der Waals surface area (Å²) >= 11 is 1.94. The monoisotopic (exact) mass is 366 g/mol. The van der Waals surface area contributed by atoms with E-state index in [1.165, 1.54) is 10.5 Å². The van der Waals surface area contributed by atoms with Gasteiger partial charge in [-0.15, -0.1) is 11.8 Å². The zero-order chi connectivity index (χ0) is 18.1. The van der Waals surface area contributed by atoms with Crippen LogP contribution in [0.5, 0.6) is 0 Å². The smallest absolute Gasteiger partial charge is 0.257 e. The van der Waals surface area contributed by atoms with E-state index in [1.54, 1.807) is 16.9 Å². The molecule has 0 N–H and O–H groups in total. The Kier molecular flexibility index (Phi) is 4.68. The van der Waals surface area contributed by atoms with Gasteiger partial charge in [-0.25, -0.2) is 9.50 Å². The van der Waals surface area contributed by atoms with E-state index in [2.05, 4.69) is 41.3 Å². The predicted octanol–water partition coefficient (Wildman–Crippen LogP) is 3.74. The molecule has 4 rings (SSSR count). The fraction of sp³-hybridized carbons (Fsp3) is 0.350. The normalized spacial score (nSPS) is 15.5. The molecule has 1 fully saturated rings. The molecule has 2 aromatic heterocycles. The Morgan fingerprint density at radius 3 is 2.69 bits per heavy atom. The van der Waals surface area contributed by atoms with E-state index in [9.17, 15) is 4.79 Å². The summed E-state index contributed by atoms with van der Waals surface area (Å²) in [5.74, 6) is 0.0618. The molecular formula is C20H22N4OS. The highest BCUT2D eigenvalue weighted by molar-refractivity contribution is 8.00. The molecule has 0 unspecified atom stereocenters. The Hall–Kier alpha value is -2.34. The first-order valence-electron chi connectivity index (χ1n) is 8.94. The molecule has 0 bridgehead atoms. The third-order valence-electron chi connectivity index (χ3n) is 5.00. The summed E-state index contributed by atoms with van der Waals surface area (Å²) < 4.78 is 1.73. The van der Waals surface area contributed by atoms with Gasteiger partial charge in [0.25, 0.3) is 5.91 Å². The second-order valence-corrected chi connectivity index (χ2v) is 8.08. The SMILES string of the molecule is Cc1ccccc1SC1CCN(C(=O)c2cnc3ccnn3c2C)CC1. The van der Waals surface area contributed by atoms with E-state index in [0.717, 1.165) is 37.3 Å². The predicted molar refractivity (Wildman–Crippen MR) is 104 cm³/mol. The zero-order valence-corrected chi connectivity index (χ0v) is 15.9. The van der Waals surface area contributed by atoms with Crippen molar-refractivity contribution < 1.29 is 4.79 Å². The lowest BCUT2D eigenvalue weighted by Crippen LogP contribution is -2.39. The molecule has 26 heavy (non-hydrogen) atoms. The number of hydrogen-bond donors (Lipinski definition) is 0. The lowest BCUT2D eigenvalue weighted by Gasteiger charge is -2.32. The number of thioether (sulfide) groups is 1. The number of aromatic nitrogens is 3. The molecule has 3 aromatic rings. The molecule has 1 aliphatic rings. The van der Waals surface area contributed by atoms with E-state index in [-0.39, 0.29) is 5.91 Å². The fourth-order valence-corrected chi connectivity index (χ4v) is 4.63. The Morgan fingerprint density at radius 1 is 1.15 bits per heavy atom. The van der Waals surface area contributed by atoms with Crippen LogP contribution in [0.2, 0.25) is 0 Å². The van der Waals surface area contributed by atoms with Crippen LogP contribution in [0.4, 0.5) is 0 Å². The first-order chi connectivity index (χ1) is 12.6. The highest BCUT2D eigenvalue weighted by Gasteiger charge is 2.26. The van der Waals surface area contributed by atoms with E-state index in [4.69, 9.17) is 0 Å². The number of nitrogens with zero attached hydrogens (tertiary/aromatic N) is 4. The number of carbonyl (C=O) groups excluding carboxylic acids is 1. The lowest BCUT2D eigenvalue weighted by atomic mass is 10.1. The summed E-state index contributed by atoms with van der Waals surface area (Å²) in [5.41, 5.74) is 3.59. The van der Waals surface area contributed by atoms with Gasteiger partial charge in [-0.3, -0.25) is 4.79 Å².